The van der Waals surface area contributed by atoms with Gasteiger partial charge < -0.3 is 20.6 Å². The van der Waals surface area contributed by atoms with Crippen LogP contribution in [0.3, 0.4) is 0 Å². The quantitative estimate of drug-likeness (QED) is 0.466. The summed E-state index contributed by atoms with van der Waals surface area (Å²) in [6, 6.07) is 9.24. The average Bonchev–Trinajstić information content (AvgIpc) is 3.26. The Bertz CT molecular complexity index is 980. The van der Waals surface area contributed by atoms with Gasteiger partial charge in [0.05, 0.1) is 12.1 Å². The highest BCUT2D eigenvalue weighted by Gasteiger charge is 2.22. The van der Waals surface area contributed by atoms with Crippen molar-refractivity contribution in [1.29, 1.82) is 0 Å². The van der Waals surface area contributed by atoms with Crippen molar-refractivity contribution >= 4 is 11.6 Å². The van der Waals surface area contributed by atoms with E-state index < -0.39 is 23.8 Å². The highest BCUT2D eigenvalue weighted by Crippen LogP contribution is 2.28. The molecule has 2 atom stereocenters. The number of rotatable bonds is 10. The standard InChI is InChI=1S/C28H39F2N3O2/c1-19(34)32-25(14-21-12-23(29)15-24(30)13-21)27(35)18-31-17-22-11-20(16-28(2,3)4)7-8-26(22)33-9-5-6-10-33/h7-8,11-13,15,25,27,31,35H,5-6,9-10,14,16-18H2,1-4H3,(H,32,34). The van der Waals surface area contributed by atoms with Crippen molar-refractivity contribution in [2.75, 3.05) is 24.5 Å². The van der Waals surface area contributed by atoms with Gasteiger partial charge in [-0.05, 0) is 66.0 Å². The second-order valence-electron chi connectivity index (χ2n) is 10.9. The van der Waals surface area contributed by atoms with Crippen molar-refractivity contribution in [1.82, 2.24) is 10.6 Å². The molecule has 5 nitrogen and oxygen atoms in total. The fraction of sp³-hybridized carbons (Fsp3) is 0.536. The van der Waals surface area contributed by atoms with Crippen molar-refractivity contribution in [2.24, 2.45) is 5.41 Å². The summed E-state index contributed by atoms with van der Waals surface area (Å²) in [6.45, 7) is 10.9. The molecule has 1 heterocycles. The van der Waals surface area contributed by atoms with Gasteiger partial charge in [-0.25, -0.2) is 8.78 Å². The zero-order chi connectivity index (χ0) is 25.6. The van der Waals surface area contributed by atoms with Crippen LogP contribution >= 0.6 is 0 Å². The summed E-state index contributed by atoms with van der Waals surface area (Å²) in [5.41, 5.74) is 4.24. The average molecular weight is 488 g/mol. The molecule has 0 aromatic heterocycles. The smallest absolute Gasteiger partial charge is 0.217 e. The number of nitrogens with zero attached hydrogens (tertiary/aromatic N) is 1. The van der Waals surface area contributed by atoms with Gasteiger partial charge in [0.25, 0.3) is 0 Å². The number of nitrogens with one attached hydrogen (secondary N) is 2. The fourth-order valence-corrected chi connectivity index (χ4v) is 4.79. The number of aliphatic hydroxyl groups is 1. The minimum atomic E-state index is -0.932. The normalized spacial score (nSPS) is 15.8. The van der Waals surface area contributed by atoms with E-state index in [1.165, 1.54) is 48.7 Å². The molecule has 1 aliphatic rings. The molecule has 2 unspecified atom stereocenters. The van der Waals surface area contributed by atoms with Gasteiger partial charge in [0.1, 0.15) is 11.6 Å². The van der Waals surface area contributed by atoms with Crippen LogP contribution in [0.2, 0.25) is 0 Å². The molecule has 35 heavy (non-hydrogen) atoms. The lowest BCUT2D eigenvalue weighted by molar-refractivity contribution is -0.120. The van der Waals surface area contributed by atoms with Crippen molar-refractivity contribution in [2.45, 2.75) is 72.1 Å². The van der Waals surface area contributed by atoms with E-state index in [1.54, 1.807) is 0 Å². The van der Waals surface area contributed by atoms with Gasteiger partial charge in [-0.3, -0.25) is 4.79 Å². The summed E-state index contributed by atoms with van der Waals surface area (Å²) >= 11 is 0. The maximum Gasteiger partial charge on any atom is 0.217 e. The van der Waals surface area contributed by atoms with Crippen LogP contribution in [-0.4, -0.2) is 42.8 Å². The molecule has 192 valence electrons. The Labute approximate surface area is 207 Å². The largest absolute Gasteiger partial charge is 0.390 e. The Morgan fingerprint density at radius 1 is 1.06 bits per heavy atom. The number of hydrogen-bond acceptors (Lipinski definition) is 4. The van der Waals surface area contributed by atoms with Crippen LogP contribution in [0, 0.1) is 17.0 Å². The van der Waals surface area contributed by atoms with Gasteiger partial charge in [0.15, 0.2) is 0 Å². The second kappa shape index (κ2) is 12.0. The number of anilines is 1. The van der Waals surface area contributed by atoms with Crippen LogP contribution in [0.4, 0.5) is 14.5 Å². The molecular weight excluding hydrogens is 448 g/mol. The Morgan fingerprint density at radius 3 is 2.31 bits per heavy atom. The van der Waals surface area contributed by atoms with E-state index >= 15 is 0 Å². The molecular formula is C28H39F2N3O2. The first-order valence-electron chi connectivity index (χ1n) is 12.5. The topological polar surface area (TPSA) is 64.6 Å². The molecule has 1 aliphatic heterocycles. The van der Waals surface area contributed by atoms with E-state index in [4.69, 9.17) is 0 Å². The van der Waals surface area contributed by atoms with Gasteiger partial charge in [-0.15, -0.1) is 0 Å². The van der Waals surface area contributed by atoms with Crippen LogP contribution in [0.15, 0.2) is 36.4 Å². The second-order valence-corrected chi connectivity index (χ2v) is 10.9. The monoisotopic (exact) mass is 487 g/mol. The van der Waals surface area contributed by atoms with E-state index in [1.807, 2.05) is 0 Å². The predicted molar refractivity (Wildman–Crippen MR) is 136 cm³/mol. The SMILES string of the molecule is CC(=O)NC(Cc1cc(F)cc(F)c1)C(O)CNCc1cc(CC(C)(C)C)ccc1N1CCCC1. The maximum atomic E-state index is 13.6. The van der Waals surface area contributed by atoms with E-state index in [0.717, 1.165) is 25.6 Å². The molecule has 1 saturated heterocycles. The summed E-state index contributed by atoms with van der Waals surface area (Å²) in [7, 11) is 0. The molecule has 3 N–H and O–H groups in total. The zero-order valence-electron chi connectivity index (χ0n) is 21.3. The minimum absolute atomic E-state index is 0.122. The Morgan fingerprint density at radius 2 is 1.71 bits per heavy atom. The molecule has 1 fully saturated rings. The Kier molecular flexibility index (Phi) is 9.25. The van der Waals surface area contributed by atoms with E-state index in [0.29, 0.717) is 12.1 Å². The van der Waals surface area contributed by atoms with Crippen molar-refractivity contribution < 1.29 is 18.7 Å². The maximum absolute atomic E-state index is 13.6. The molecule has 2 aromatic carbocycles. The van der Waals surface area contributed by atoms with Crippen molar-refractivity contribution in [3.8, 4) is 0 Å². The van der Waals surface area contributed by atoms with E-state index in [2.05, 4.69) is 54.5 Å². The van der Waals surface area contributed by atoms with E-state index in [-0.39, 0.29) is 24.3 Å². The Balaban J connectivity index is 1.69. The lowest BCUT2D eigenvalue weighted by Gasteiger charge is -2.26. The molecule has 3 rings (SSSR count). The van der Waals surface area contributed by atoms with Gasteiger partial charge in [-0.1, -0.05) is 32.9 Å². The van der Waals surface area contributed by atoms with Crippen LogP contribution in [0.5, 0.6) is 0 Å². The van der Waals surface area contributed by atoms with Gasteiger partial charge in [-0.2, -0.15) is 0 Å². The number of benzene rings is 2. The summed E-state index contributed by atoms with van der Waals surface area (Å²) in [5.74, 6) is -1.67. The molecule has 0 aliphatic carbocycles. The molecule has 7 heteroatoms. The third-order valence-electron chi connectivity index (χ3n) is 6.23. The van der Waals surface area contributed by atoms with Crippen LogP contribution in [0.1, 0.15) is 57.2 Å². The summed E-state index contributed by atoms with van der Waals surface area (Å²) in [6.07, 6.45) is 2.54. The number of carbonyl (C=O) groups excluding carboxylic acids is 1. The number of carbonyl (C=O) groups is 1. The number of halogens is 2. The first-order chi connectivity index (χ1) is 16.5. The number of aliphatic hydroxyl groups excluding tert-OH is 1. The molecule has 1 amide bonds. The minimum Gasteiger partial charge on any atom is -0.390 e. The van der Waals surface area contributed by atoms with Gasteiger partial charge in [0.2, 0.25) is 5.91 Å². The van der Waals surface area contributed by atoms with Crippen molar-refractivity contribution in [3.63, 3.8) is 0 Å². The zero-order valence-corrected chi connectivity index (χ0v) is 21.3. The summed E-state index contributed by atoms with van der Waals surface area (Å²) in [4.78, 5) is 14.1. The Hall–Kier alpha value is -2.51. The number of hydrogen-bond donors (Lipinski definition) is 3. The van der Waals surface area contributed by atoms with Crippen LogP contribution in [0.25, 0.3) is 0 Å². The fourth-order valence-electron chi connectivity index (χ4n) is 4.79. The highest BCUT2D eigenvalue weighted by molar-refractivity contribution is 5.73. The molecule has 2 aromatic rings. The molecule has 0 bridgehead atoms. The molecule has 0 radical (unpaired) electrons. The summed E-state index contributed by atoms with van der Waals surface area (Å²) in [5, 5.41) is 16.9. The third-order valence-corrected chi connectivity index (χ3v) is 6.23. The lowest BCUT2D eigenvalue weighted by atomic mass is 9.87. The first kappa shape index (κ1) is 27.1. The number of amides is 1. The lowest BCUT2D eigenvalue weighted by Crippen LogP contribution is -2.48. The van der Waals surface area contributed by atoms with Crippen molar-refractivity contribution in [3.05, 3.63) is 64.7 Å². The third kappa shape index (κ3) is 8.58. The van der Waals surface area contributed by atoms with Crippen LogP contribution in [-0.2, 0) is 24.2 Å². The van der Waals surface area contributed by atoms with Gasteiger partial charge >= 0.3 is 0 Å². The predicted octanol–water partition coefficient (Wildman–Crippen LogP) is 4.35. The van der Waals surface area contributed by atoms with E-state index in [9.17, 15) is 18.7 Å². The summed E-state index contributed by atoms with van der Waals surface area (Å²) < 4.78 is 27.3. The molecule has 0 spiro atoms. The first-order valence-corrected chi connectivity index (χ1v) is 12.5. The van der Waals surface area contributed by atoms with Crippen LogP contribution < -0.4 is 15.5 Å². The van der Waals surface area contributed by atoms with Gasteiger partial charge in [0, 0.05) is 44.9 Å². The molecule has 0 saturated carbocycles. The highest BCUT2D eigenvalue weighted by atomic mass is 19.1.